The van der Waals surface area contributed by atoms with Crippen LogP contribution in [-0.2, 0) is 14.3 Å². The van der Waals surface area contributed by atoms with Crippen LogP contribution in [0.3, 0.4) is 0 Å². The fraction of sp³-hybridized carbons (Fsp3) is 0.625. The molecule has 0 aliphatic rings. The Kier molecular flexibility index (Phi) is 10.2. The lowest BCUT2D eigenvalue weighted by Gasteiger charge is -2.35. The molecule has 1 rings (SSSR count). The number of phenolic OH excluding ortho intramolecular Hbond substituents is 1. The van der Waals surface area contributed by atoms with Gasteiger partial charge in [-0.1, -0.05) is 25.5 Å². The second kappa shape index (κ2) is 11.9. The zero-order chi connectivity index (χ0) is 25.4. The zero-order valence-electron chi connectivity index (χ0n) is 20.8. The first-order valence-electron chi connectivity index (χ1n) is 11.2. The molecule has 1 aromatic rings. The molecule has 0 bridgehead atoms. The van der Waals surface area contributed by atoms with Gasteiger partial charge in [0.05, 0.1) is 6.61 Å². The summed E-state index contributed by atoms with van der Waals surface area (Å²) in [7, 11) is 0. The van der Waals surface area contributed by atoms with Crippen molar-refractivity contribution in [2.75, 3.05) is 13.2 Å². The summed E-state index contributed by atoms with van der Waals surface area (Å²) in [5.41, 5.74) is -0.946. The van der Waals surface area contributed by atoms with Crippen LogP contribution in [0, 0.1) is 0 Å². The summed E-state index contributed by atoms with van der Waals surface area (Å²) < 4.78 is 5.21. The lowest BCUT2D eigenvalue weighted by atomic mass is 10.00. The Balaban J connectivity index is 3.39. The number of benzene rings is 1. The van der Waals surface area contributed by atoms with E-state index < -0.39 is 47.7 Å². The number of carbonyl (C=O) groups is 3. The lowest BCUT2D eigenvalue weighted by molar-refractivity contribution is -0.143. The molecular formula is C24H39N3O6. The van der Waals surface area contributed by atoms with Gasteiger partial charge in [-0.2, -0.15) is 0 Å². The van der Waals surface area contributed by atoms with Gasteiger partial charge in [0.2, 0.25) is 11.8 Å². The third-order valence-electron chi connectivity index (χ3n) is 4.45. The molecule has 0 aliphatic carbocycles. The SMILES string of the molecule is CCCCN(C(=O)C(CO)NC(=O)OC(C)(C)C)C(C(=O)NC(C)(C)C)c1cccc(O)c1. The molecule has 0 heterocycles. The highest BCUT2D eigenvalue weighted by Gasteiger charge is 2.37. The van der Waals surface area contributed by atoms with Crippen molar-refractivity contribution in [2.24, 2.45) is 0 Å². The second-order valence-corrected chi connectivity index (χ2v) is 10.0. The zero-order valence-corrected chi connectivity index (χ0v) is 20.8. The Labute approximate surface area is 196 Å². The predicted octanol–water partition coefficient (Wildman–Crippen LogP) is 2.86. The number of aliphatic hydroxyl groups is 1. The minimum Gasteiger partial charge on any atom is -0.508 e. The van der Waals surface area contributed by atoms with Crippen LogP contribution in [0.4, 0.5) is 4.79 Å². The molecule has 0 aliphatic heterocycles. The number of aromatic hydroxyl groups is 1. The van der Waals surface area contributed by atoms with Gasteiger partial charge in [0.15, 0.2) is 0 Å². The molecule has 9 heteroatoms. The highest BCUT2D eigenvalue weighted by atomic mass is 16.6. The molecule has 3 amide bonds. The van der Waals surface area contributed by atoms with E-state index in [1.54, 1.807) is 32.9 Å². The van der Waals surface area contributed by atoms with Crippen molar-refractivity contribution in [3.63, 3.8) is 0 Å². The van der Waals surface area contributed by atoms with Gasteiger partial charge in [-0.15, -0.1) is 0 Å². The van der Waals surface area contributed by atoms with E-state index in [9.17, 15) is 24.6 Å². The van der Waals surface area contributed by atoms with Crippen LogP contribution in [-0.4, -0.2) is 63.4 Å². The van der Waals surface area contributed by atoms with E-state index in [1.807, 2.05) is 27.7 Å². The highest BCUT2D eigenvalue weighted by molar-refractivity contribution is 5.92. The number of hydrogen-bond donors (Lipinski definition) is 4. The maximum absolute atomic E-state index is 13.5. The fourth-order valence-electron chi connectivity index (χ4n) is 3.14. The van der Waals surface area contributed by atoms with E-state index in [2.05, 4.69) is 10.6 Å². The fourth-order valence-corrected chi connectivity index (χ4v) is 3.14. The summed E-state index contributed by atoms with van der Waals surface area (Å²) >= 11 is 0. The van der Waals surface area contributed by atoms with Crippen LogP contribution in [0.2, 0.25) is 0 Å². The number of alkyl carbamates (subject to hydrolysis) is 1. The molecule has 33 heavy (non-hydrogen) atoms. The number of amides is 3. The maximum Gasteiger partial charge on any atom is 0.408 e. The number of aliphatic hydroxyl groups excluding tert-OH is 1. The van der Waals surface area contributed by atoms with Crippen LogP contribution in [0.5, 0.6) is 5.75 Å². The highest BCUT2D eigenvalue weighted by Crippen LogP contribution is 2.26. The third kappa shape index (κ3) is 9.69. The summed E-state index contributed by atoms with van der Waals surface area (Å²) in [5, 5.41) is 25.2. The molecule has 1 aromatic carbocycles. The smallest absolute Gasteiger partial charge is 0.408 e. The molecule has 4 N–H and O–H groups in total. The molecule has 0 spiro atoms. The van der Waals surface area contributed by atoms with E-state index in [-0.39, 0.29) is 12.3 Å². The second-order valence-electron chi connectivity index (χ2n) is 10.0. The van der Waals surface area contributed by atoms with Gasteiger partial charge in [0.1, 0.15) is 23.4 Å². The van der Waals surface area contributed by atoms with Gasteiger partial charge in [0, 0.05) is 12.1 Å². The molecule has 0 fully saturated rings. The quantitative estimate of drug-likeness (QED) is 0.444. The van der Waals surface area contributed by atoms with Gasteiger partial charge in [-0.25, -0.2) is 4.79 Å². The predicted molar refractivity (Wildman–Crippen MR) is 126 cm³/mol. The normalized spacial score (nSPS) is 13.6. The molecule has 0 radical (unpaired) electrons. The van der Waals surface area contributed by atoms with Gasteiger partial charge in [-0.3, -0.25) is 9.59 Å². The third-order valence-corrected chi connectivity index (χ3v) is 4.45. The molecule has 186 valence electrons. The first-order valence-corrected chi connectivity index (χ1v) is 11.2. The van der Waals surface area contributed by atoms with Gasteiger partial charge in [-0.05, 0) is 65.7 Å². The summed E-state index contributed by atoms with van der Waals surface area (Å²) in [6.45, 7) is 12.0. The molecule has 2 unspecified atom stereocenters. The van der Waals surface area contributed by atoms with Crippen molar-refractivity contribution < 1.29 is 29.3 Å². The average molecular weight is 466 g/mol. The van der Waals surface area contributed by atoms with E-state index in [0.29, 0.717) is 12.0 Å². The lowest BCUT2D eigenvalue weighted by Crippen LogP contribution is -2.55. The molecule has 0 saturated heterocycles. The number of carbonyl (C=O) groups excluding carboxylic acids is 3. The van der Waals surface area contributed by atoms with Gasteiger partial charge < -0.3 is 30.5 Å². The maximum atomic E-state index is 13.5. The van der Waals surface area contributed by atoms with E-state index in [0.717, 1.165) is 6.42 Å². The van der Waals surface area contributed by atoms with Crippen LogP contribution in [0.15, 0.2) is 24.3 Å². The van der Waals surface area contributed by atoms with Crippen LogP contribution in [0.1, 0.15) is 72.9 Å². The number of phenols is 1. The van der Waals surface area contributed by atoms with Crippen LogP contribution < -0.4 is 10.6 Å². The summed E-state index contributed by atoms with van der Waals surface area (Å²) in [5.74, 6) is -1.12. The van der Waals surface area contributed by atoms with Gasteiger partial charge >= 0.3 is 6.09 Å². The van der Waals surface area contributed by atoms with Crippen molar-refractivity contribution in [1.29, 1.82) is 0 Å². The van der Waals surface area contributed by atoms with Crippen molar-refractivity contribution in [2.45, 2.75) is 84.5 Å². The Morgan fingerprint density at radius 3 is 2.24 bits per heavy atom. The van der Waals surface area contributed by atoms with Crippen LogP contribution >= 0.6 is 0 Å². The topological polar surface area (TPSA) is 128 Å². The Bertz CT molecular complexity index is 813. The molecule has 9 nitrogen and oxygen atoms in total. The van der Waals surface area contributed by atoms with Crippen molar-refractivity contribution in [3.05, 3.63) is 29.8 Å². The minimum atomic E-state index is -1.31. The molecule has 0 aromatic heterocycles. The van der Waals surface area contributed by atoms with Gasteiger partial charge in [0.25, 0.3) is 0 Å². The van der Waals surface area contributed by atoms with Crippen molar-refractivity contribution >= 4 is 17.9 Å². The molecular weight excluding hydrogens is 426 g/mol. The summed E-state index contributed by atoms with van der Waals surface area (Å²) in [4.78, 5) is 40.4. The Morgan fingerprint density at radius 2 is 1.76 bits per heavy atom. The standard InChI is InChI=1S/C24H39N3O6/c1-8-9-13-27(21(31)18(15-28)25-22(32)33-24(5,6)7)19(20(30)26-23(2,3)4)16-11-10-12-17(29)14-16/h10-12,14,18-19,28-29H,8-9,13,15H2,1-7H3,(H,25,32)(H,26,30). The summed E-state index contributed by atoms with van der Waals surface area (Å²) in [6.07, 6.45) is 0.494. The van der Waals surface area contributed by atoms with Crippen molar-refractivity contribution in [1.82, 2.24) is 15.5 Å². The first kappa shape index (κ1) is 28.2. The first-order chi connectivity index (χ1) is 15.2. The number of hydrogen-bond acceptors (Lipinski definition) is 6. The van der Waals surface area contributed by atoms with E-state index >= 15 is 0 Å². The van der Waals surface area contributed by atoms with Crippen LogP contribution in [0.25, 0.3) is 0 Å². The number of nitrogens with zero attached hydrogens (tertiary/aromatic N) is 1. The Morgan fingerprint density at radius 1 is 1.12 bits per heavy atom. The molecule has 2 atom stereocenters. The monoisotopic (exact) mass is 465 g/mol. The number of ether oxygens (including phenoxy) is 1. The van der Waals surface area contributed by atoms with E-state index in [1.165, 1.54) is 17.0 Å². The Hall–Kier alpha value is -2.81. The van der Waals surface area contributed by atoms with E-state index in [4.69, 9.17) is 4.74 Å². The van der Waals surface area contributed by atoms with Crippen molar-refractivity contribution in [3.8, 4) is 5.75 Å². The number of rotatable bonds is 9. The molecule has 0 saturated carbocycles. The largest absolute Gasteiger partial charge is 0.508 e. The average Bonchev–Trinajstić information content (AvgIpc) is 2.65. The number of unbranched alkanes of at least 4 members (excludes halogenated alkanes) is 1. The number of nitrogens with one attached hydrogen (secondary N) is 2. The minimum absolute atomic E-state index is 0.0467. The summed E-state index contributed by atoms with van der Waals surface area (Å²) in [6, 6.07) is 3.75.